The Kier molecular flexibility index (Phi) is 11.9. The molecule has 0 saturated heterocycles. The third kappa shape index (κ3) is 9.18. The summed E-state index contributed by atoms with van der Waals surface area (Å²) in [6, 6.07) is 5.31. The van der Waals surface area contributed by atoms with Gasteiger partial charge < -0.3 is 0 Å². The number of hydrogen-bond donors (Lipinski definition) is 0. The van der Waals surface area contributed by atoms with Crippen molar-refractivity contribution in [1.29, 1.82) is 0 Å². The molecule has 0 bridgehead atoms. The second-order valence-electron chi connectivity index (χ2n) is 7.36. The van der Waals surface area contributed by atoms with E-state index in [0.717, 1.165) is 24.0 Å². The van der Waals surface area contributed by atoms with E-state index < -0.39 is 10.1 Å². The zero-order valence-corrected chi connectivity index (χ0v) is 17.9. The van der Waals surface area contributed by atoms with Crippen LogP contribution in [0.2, 0.25) is 0 Å². The molecule has 0 aliphatic heterocycles. The number of aryl methyl sites for hydroxylation is 1. The first-order valence-corrected chi connectivity index (χ1v) is 11.9. The van der Waals surface area contributed by atoms with E-state index in [2.05, 4.69) is 6.92 Å². The van der Waals surface area contributed by atoms with Gasteiger partial charge in [0.05, 0.1) is 11.5 Å². The molecule has 0 atom stereocenters. The van der Waals surface area contributed by atoms with Crippen molar-refractivity contribution in [2.75, 3.05) is 6.61 Å². The number of rotatable bonds is 15. The minimum atomic E-state index is -3.63. The normalized spacial score (nSPS) is 11.8. The molecule has 150 valence electrons. The average Bonchev–Trinajstić information content (AvgIpc) is 2.61. The van der Waals surface area contributed by atoms with Crippen LogP contribution in [0, 0.1) is 13.8 Å². The Bertz CT molecular complexity index is 593. The van der Waals surface area contributed by atoms with Crippen LogP contribution in [0.3, 0.4) is 0 Å². The topological polar surface area (TPSA) is 43.4 Å². The van der Waals surface area contributed by atoms with Gasteiger partial charge in [0, 0.05) is 0 Å². The van der Waals surface area contributed by atoms with Crippen LogP contribution in [0.1, 0.15) is 95.1 Å². The van der Waals surface area contributed by atoms with Crippen molar-refractivity contribution in [3.63, 3.8) is 0 Å². The SMILES string of the molecule is CCCCCCCCCCCCCCOS(=O)(=O)c1cccc(C)c1C. The Morgan fingerprint density at radius 1 is 0.769 bits per heavy atom. The molecule has 0 aromatic heterocycles. The first-order valence-electron chi connectivity index (χ1n) is 10.4. The highest BCUT2D eigenvalue weighted by Crippen LogP contribution is 2.20. The van der Waals surface area contributed by atoms with Crippen molar-refractivity contribution >= 4 is 10.1 Å². The van der Waals surface area contributed by atoms with E-state index in [1.54, 1.807) is 12.1 Å². The van der Waals surface area contributed by atoms with Crippen LogP contribution in [0.4, 0.5) is 0 Å². The van der Waals surface area contributed by atoms with E-state index >= 15 is 0 Å². The van der Waals surface area contributed by atoms with Crippen LogP contribution in [0.25, 0.3) is 0 Å². The van der Waals surface area contributed by atoms with Crippen molar-refractivity contribution in [2.24, 2.45) is 0 Å². The first kappa shape index (κ1) is 23.2. The van der Waals surface area contributed by atoms with E-state index in [1.165, 1.54) is 64.2 Å². The van der Waals surface area contributed by atoms with E-state index in [1.807, 2.05) is 19.9 Å². The Morgan fingerprint density at radius 3 is 1.81 bits per heavy atom. The van der Waals surface area contributed by atoms with Gasteiger partial charge in [-0.05, 0) is 37.5 Å². The summed E-state index contributed by atoms with van der Waals surface area (Å²) in [7, 11) is -3.63. The fraction of sp³-hybridized carbons (Fsp3) is 0.727. The summed E-state index contributed by atoms with van der Waals surface area (Å²) in [6.45, 7) is 6.28. The van der Waals surface area contributed by atoms with E-state index in [-0.39, 0.29) is 6.61 Å². The maximum Gasteiger partial charge on any atom is 0.297 e. The van der Waals surface area contributed by atoms with Gasteiger partial charge in [0.25, 0.3) is 10.1 Å². The lowest BCUT2D eigenvalue weighted by Gasteiger charge is -2.10. The molecule has 0 spiro atoms. The quantitative estimate of drug-likeness (QED) is 0.250. The lowest BCUT2D eigenvalue weighted by Crippen LogP contribution is -2.09. The number of benzene rings is 1. The Morgan fingerprint density at radius 2 is 1.27 bits per heavy atom. The predicted molar refractivity (Wildman–Crippen MR) is 110 cm³/mol. The average molecular weight is 383 g/mol. The monoisotopic (exact) mass is 382 g/mol. The van der Waals surface area contributed by atoms with Crippen molar-refractivity contribution in [3.05, 3.63) is 29.3 Å². The summed E-state index contributed by atoms with van der Waals surface area (Å²) in [5, 5.41) is 0. The lowest BCUT2D eigenvalue weighted by atomic mass is 10.1. The van der Waals surface area contributed by atoms with E-state index in [0.29, 0.717) is 4.90 Å². The molecular formula is C22H38O3S. The van der Waals surface area contributed by atoms with Crippen LogP contribution < -0.4 is 0 Å². The number of unbranched alkanes of at least 4 members (excludes halogenated alkanes) is 11. The van der Waals surface area contributed by atoms with Gasteiger partial charge in [-0.25, -0.2) is 0 Å². The Labute approximate surface area is 161 Å². The molecule has 1 aromatic carbocycles. The first-order chi connectivity index (χ1) is 12.5. The second kappa shape index (κ2) is 13.3. The highest BCUT2D eigenvalue weighted by molar-refractivity contribution is 7.86. The fourth-order valence-electron chi connectivity index (χ4n) is 3.17. The molecule has 3 nitrogen and oxygen atoms in total. The summed E-state index contributed by atoms with van der Waals surface area (Å²) in [5.41, 5.74) is 1.75. The third-order valence-electron chi connectivity index (χ3n) is 5.06. The highest BCUT2D eigenvalue weighted by Gasteiger charge is 2.18. The molecule has 0 amide bonds. The molecule has 26 heavy (non-hydrogen) atoms. The lowest BCUT2D eigenvalue weighted by molar-refractivity contribution is 0.306. The Hall–Kier alpha value is -0.870. The van der Waals surface area contributed by atoms with Gasteiger partial charge in [-0.2, -0.15) is 8.42 Å². The van der Waals surface area contributed by atoms with Crippen molar-refractivity contribution < 1.29 is 12.6 Å². The maximum atomic E-state index is 12.3. The molecule has 0 fully saturated rings. The molecule has 0 aliphatic carbocycles. The molecule has 0 N–H and O–H groups in total. The van der Waals surface area contributed by atoms with Gasteiger partial charge in [0.2, 0.25) is 0 Å². The minimum absolute atomic E-state index is 0.285. The van der Waals surface area contributed by atoms with Gasteiger partial charge in [-0.15, -0.1) is 0 Å². The zero-order valence-electron chi connectivity index (χ0n) is 17.1. The van der Waals surface area contributed by atoms with Crippen LogP contribution in [-0.2, 0) is 14.3 Å². The summed E-state index contributed by atoms with van der Waals surface area (Å²) in [6.07, 6.45) is 15.1. The van der Waals surface area contributed by atoms with E-state index in [4.69, 9.17) is 4.18 Å². The van der Waals surface area contributed by atoms with Crippen molar-refractivity contribution in [3.8, 4) is 0 Å². The van der Waals surface area contributed by atoms with Crippen LogP contribution in [0.15, 0.2) is 23.1 Å². The van der Waals surface area contributed by atoms with Gasteiger partial charge in [0.1, 0.15) is 0 Å². The van der Waals surface area contributed by atoms with E-state index in [9.17, 15) is 8.42 Å². The molecule has 4 heteroatoms. The maximum absolute atomic E-state index is 12.3. The molecule has 1 aromatic rings. The van der Waals surface area contributed by atoms with Gasteiger partial charge in [0.15, 0.2) is 0 Å². The third-order valence-corrected chi connectivity index (χ3v) is 6.52. The summed E-state index contributed by atoms with van der Waals surface area (Å²) < 4.78 is 29.8. The fourth-order valence-corrected chi connectivity index (χ4v) is 4.42. The van der Waals surface area contributed by atoms with Crippen LogP contribution in [-0.4, -0.2) is 15.0 Å². The molecule has 1 rings (SSSR count). The molecule has 0 heterocycles. The Balaban J connectivity index is 2.06. The molecule has 0 radical (unpaired) electrons. The standard InChI is InChI=1S/C22H38O3S/c1-4-5-6-7-8-9-10-11-12-13-14-15-19-25-26(23,24)22-18-16-17-20(2)21(22)3/h16-18H,4-15,19H2,1-3H3. The summed E-state index contributed by atoms with van der Waals surface area (Å²) in [5.74, 6) is 0. The molecule has 0 saturated carbocycles. The van der Waals surface area contributed by atoms with Crippen LogP contribution in [0.5, 0.6) is 0 Å². The molecule has 0 unspecified atom stereocenters. The number of hydrogen-bond acceptors (Lipinski definition) is 3. The highest BCUT2D eigenvalue weighted by atomic mass is 32.2. The summed E-state index contributed by atoms with van der Waals surface area (Å²) >= 11 is 0. The minimum Gasteiger partial charge on any atom is -0.266 e. The molecular weight excluding hydrogens is 344 g/mol. The van der Waals surface area contributed by atoms with Gasteiger partial charge in [-0.1, -0.05) is 89.7 Å². The largest absolute Gasteiger partial charge is 0.297 e. The smallest absolute Gasteiger partial charge is 0.266 e. The van der Waals surface area contributed by atoms with Gasteiger partial charge in [-0.3, -0.25) is 4.18 Å². The van der Waals surface area contributed by atoms with Crippen LogP contribution >= 0.6 is 0 Å². The predicted octanol–water partition coefficient (Wildman–Crippen LogP) is 6.71. The van der Waals surface area contributed by atoms with Crippen molar-refractivity contribution in [2.45, 2.75) is 103 Å². The molecule has 0 aliphatic rings. The second-order valence-corrected chi connectivity index (χ2v) is 8.95. The van der Waals surface area contributed by atoms with Crippen molar-refractivity contribution in [1.82, 2.24) is 0 Å². The van der Waals surface area contributed by atoms with Gasteiger partial charge >= 0.3 is 0 Å². The summed E-state index contributed by atoms with van der Waals surface area (Å²) in [4.78, 5) is 0.302. The zero-order chi connectivity index (χ0) is 19.3.